The van der Waals surface area contributed by atoms with E-state index in [1.807, 2.05) is 31.2 Å². The topological polar surface area (TPSA) is 119 Å². The normalized spacial score (nSPS) is 11.8. The molecule has 0 bridgehead atoms. The van der Waals surface area contributed by atoms with Crippen molar-refractivity contribution in [1.29, 1.82) is 0 Å². The lowest BCUT2D eigenvalue weighted by Gasteiger charge is -2.21. The maximum Gasteiger partial charge on any atom is 0.274 e. The van der Waals surface area contributed by atoms with Crippen LogP contribution >= 0.6 is 0 Å². The fourth-order valence-electron chi connectivity index (χ4n) is 4.00. The Kier molecular flexibility index (Phi) is 9.03. The molecule has 1 heterocycles. The van der Waals surface area contributed by atoms with Gasteiger partial charge in [-0.2, -0.15) is 0 Å². The lowest BCUT2D eigenvalue weighted by atomic mass is 10.00. The zero-order valence-corrected chi connectivity index (χ0v) is 20.8. The fourth-order valence-corrected chi connectivity index (χ4v) is 4.00. The van der Waals surface area contributed by atoms with E-state index in [-0.39, 0.29) is 23.6 Å². The number of primary amides is 1. The van der Waals surface area contributed by atoms with Crippen LogP contribution in [0.4, 0.5) is 0 Å². The summed E-state index contributed by atoms with van der Waals surface area (Å²) in [7, 11) is 1.67. The van der Waals surface area contributed by atoms with Gasteiger partial charge in [0.05, 0.1) is 13.2 Å². The third-order valence-electron chi connectivity index (χ3n) is 5.93. The Morgan fingerprint density at radius 3 is 2.60 bits per heavy atom. The van der Waals surface area contributed by atoms with Crippen molar-refractivity contribution in [3.63, 3.8) is 0 Å². The Balaban J connectivity index is 1.75. The second kappa shape index (κ2) is 12.2. The van der Waals surface area contributed by atoms with Gasteiger partial charge >= 0.3 is 0 Å². The summed E-state index contributed by atoms with van der Waals surface area (Å²) >= 11 is 0. The van der Waals surface area contributed by atoms with E-state index < -0.39 is 0 Å². The van der Waals surface area contributed by atoms with E-state index in [0.29, 0.717) is 31.7 Å². The fraction of sp³-hybridized carbons (Fsp3) is 0.370. The van der Waals surface area contributed by atoms with Crippen molar-refractivity contribution in [2.75, 3.05) is 13.7 Å². The first-order valence-electron chi connectivity index (χ1n) is 11.7. The van der Waals surface area contributed by atoms with Gasteiger partial charge < -0.3 is 25.6 Å². The molecule has 3 rings (SSSR count). The minimum absolute atomic E-state index is 0.242. The highest BCUT2D eigenvalue weighted by Crippen LogP contribution is 2.23. The molecule has 4 N–H and O–H groups in total. The first kappa shape index (κ1) is 26.0. The molecule has 0 aliphatic carbocycles. The van der Waals surface area contributed by atoms with Crippen molar-refractivity contribution in [1.82, 2.24) is 15.8 Å². The molecule has 0 fully saturated rings. The SMILES string of the molecule is COc1cc(C)c(CNCC(NC(=O)c2cc(C)on2)c2cccc(CCCC(N)=O)c2)cc1C. The molecule has 1 aromatic heterocycles. The third kappa shape index (κ3) is 7.42. The molecule has 0 aliphatic heterocycles. The van der Waals surface area contributed by atoms with Gasteiger partial charge in [-0.1, -0.05) is 35.5 Å². The van der Waals surface area contributed by atoms with Crippen molar-refractivity contribution >= 4 is 11.8 Å². The summed E-state index contributed by atoms with van der Waals surface area (Å²) in [5.74, 6) is 0.839. The second-order valence-electron chi connectivity index (χ2n) is 8.79. The van der Waals surface area contributed by atoms with Gasteiger partial charge in [-0.3, -0.25) is 9.59 Å². The molecule has 8 nitrogen and oxygen atoms in total. The summed E-state index contributed by atoms with van der Waals surface area (Å²) in [4.78, 5) is 23.9. The van der Waals surface area contributed by atoms with Crippen LogP contribution in [0.15, 0.2) is 47.0 Å². The van der Waals surface area contributed by atoms with Crippen LogP contribution in [0.5, 0.6) is 5.75 Å². The monoisotopic (exact) mass is 478 g/mol. The van der Waals surface area contributed by atoms with E-state index in [4.69, 9.17) is 15.0 Å². The van der Waals surface area contributed by atoms with Gasteiger partial charge in [-0.15, -0.1) is 0 Å². The number of nitrogens with two attached hydrogens (primary N) is 1. The molecule has 0 saturated heterocycles. The van der Waals surface area contributed by atoms with Crippen LogP contribution in [0, 0.1) is 20.8 Å². The Bertz CT molecular complexity index is 1170. The number of aromatic nitrogens is 1. The van der Waals surface area contributed by atoms with Crippen LogP contribution in [0.2, 0.25) is 0 Å². The maximum absolute atomic E-state index is 12.8. The predicted molar refractivity (Wildman–Crippen MR) is 134 cm³/mol. The first-order valence-corrected chi connectivity index (χ1v) is 11.7. The molecule has 2 amide bonds. The van der Waals surface area contributed by atoms with Gasteiger partial charge in [-0.05, 0) is 67.5 Å². The van der Waals surface area contributed by atoms with E-state index in [9.17, 15) is 9.59 Å². The van der Waals surface area contributed by atoms with E-state index in [0.717, 1.165) is 34.4 Å². The zero-order valence-electron chi connectivity index (χ0n) is 20.8. The van der Waals surface area contributed by atoms with Crippen LogP contribution in [0.3, 0.4) is 0 Å². The molecular weight excluding hydrogens is 444 g/mol. The number of ether oxygens (including phenoxy) is 1. The largest absolute Gasteiger partial charge is 0.496 e. The minimum Gasteiger partial charge on any atom is -0.496 e. The van der Waals surface area contributed by atoms with Gasteiger partial charge in [-0.25, -0.2) is 0 Å². The molecule has 3 aromatic rings. The van der Waals surface area contributed by atoms with Crippen molar-refractivity contribution in [3.05, 3.63) is 81.7 Å². The molecule has 35 heavy (non-hydrogen) atoms. The van der Waals surface area contributed by atoms with Crippen LogP contribution < -0.4 is 21.1 Å². The lowest BCUT2D eigenvalue weighted by Crippen LogP contribution is -2.35. The van der Waals surface area contributed by atoms with Gasteiger partial charge in [0.25, 0.3) is 5.91 Å². The number of nitrogens with one attached hydrogen (secondary N) is 2. The highest BCUT2D eigenvalue weighted by Gasteiger charge is 2.19. The summed E-state index contributed by atoms with van der Waals surface area (Å²) in [6.45, 7) is 6.98. The number of hydrogen-bond donors (Lipinski definition) is 3. The van der Waals surface area contributed by atoms with Crippen molar-refractivity contribution in [3.8, 4) is 5.75 Å². The first-order chi connectivity index (χ1) is 16.8. The van der Waals surface area contributed by atoms with Crippen molar-refractivity contribution < 1.29 is 18.8 Å². The van der Waals surface area contributed by atoms with Crippen LogP contribution in [-0.2, 0) is 17.8 Å². The molecule has 186 valence electrons. The van der Waals surface area contributed by atoms with Crippen LogP contribution in [0.1, 0.15) is 62.9 Å². The van der Waals surface area contributed by atoms with E-state index in [1.54, 1.807) is 20.1 Å². The third-order valence-corrected chi connectivity index (χ3v) is 5.93. The van der Waals surface area contributed by atoms with E-state index >= 15 is 0 Å². The van der Waals surface area contributed by atoms with Crippen LogP contribution in [-0.4, -0.2) is 30.6 Å². The Labute approximate surface area is 206 Å². The minimum atomic E-state index is -0.303. The predicted octanol–water partition coefficient (Wildman–Crippen LogP) is 3.68. The summed E-state index contributed by atoms with van der Waals surface area (Å²) in [5.41, 5.74) is 10.9. The average Bonchev–Trinajstić information content (AvgIpc) is 3.26. The summed E-state index contributed by atoms with van der Waals surface area (Å²) in [5, 5.41) is 10.4. The highest BCUT2D eigenvalue weighted by atomic mass is 16.5. The molecule has 8 heteroatoms. The number of carbonyl (C=O) groups is 2. The molecule has 1 unspecified atom stereocenters. The summed E-state index contributed by atoms with van der Waals surface area (Å²) < 4.78 is 10.5. The number of benzene rings is 2. The molecular formula is C27H34N4O4. The quantitative estimate of drug-likeness (QED) is 0.365. The number of aryl methyl sites for hydroxylation is 4. The Morgan fingerprint density at radius 1 is 1.11 bits per heavy atom. The smallest absolute Gasteiger partial charge is 0.274 e. The molecule has 0 aliphatic rings. The molecule has 2 aromatic carbocycles. The number of nitrogens with zero attached hydrogens (tertiary/aromatic N) is 1. The van der Waals surface area contributed by atoms with Gasteiger partial charge in [0.1, 0.15) is 11.5 Å². The number of amides is 2. The van der Waals surface area contributed by atoms with Gasteiger partial charge in [0, 0.05) is 25.6 Å². The van der Waals surface area contributed by atoms with Crippen molar-refractivity contribution in [2.45, 2.75) is 52.6 Å². The molecule has 1 atom stereocenters. The summed E-state index contributed by atoms with van der Waals surface area (Å²) in [6, 6.07) is 13.5. The average molecular weight is 479 g/mol. The van der Waals surface area contributed by atoms with E-state index in [1.165, 1.54) is 5.56 Å². The molecule has 0 radical (unpaired) electrons. The second-order valence-corrected chi connectivity index (χ2v) is 8.79. The number of methoxy groups -OCH3 is 1. The maximum atomic E-state index is 12.8. The summed E-state index contributed by atoms with van der Waals surface area (Å²) in [6.07, 6.45) is 1.76. The Hall–Kier alpha value is -3.65. The Morgan fingerprint density at radius 2 is 1.91 bits per heavy atom. The molecule has 0 saturated carbocycles. The van der Waals surface area contributed by atoms with Gasteiger partial charge in [0.15, 0.2) is 5.69 Å². The number of hydrogen-bond acceptors (Lipinski definition) is 6. The van der Waals surface area contributed by atoms with Gasteiger partial charge in [0.2, 0.25) is 5.91 Å². The van der Waals surface area contributed by atoms with Crippen LogP contribution in [0.25, 0.3) is 0 Å². The highest BCUT2D eigenvalue weighted by molar-refractivity contribution is 5.92. The lowest BCUT2D eigenvalue weighted by molar-refractivity contribution is -0.118. The standard InChI is InChI=1S/C27H34N4O4/c1-17-12-25(34-4)18(2)11-22(17)15-29-16-24(30-27(33)23-13-19(3)35-31-23)21-9-5-7-20(14-21)8-6-10-26(28)32/h5,7,9,11-14,24,29H,6,8,10,15-16H2,1-4H3,(H2,28,32)(H,30,33). The van der Waals surface area contributed by atoms with E-state index in [2.05, 4.69) is 34.8 Å². The zero-order chi connectivity index (χ0) is 25.4. The van der Waals surface area contributed by atoms with Crippen molar-refractivity contribution in [2.24, 2.45) is 5.73 Å². The molecule has 0 spiro atoms. The number of rotatable bonds is 12. The number of carbonyl (C=O) groups excluding carboxylic acids is 2.